The molecule has 2 rings (SSSR count). The van der Waals surface area contributed by atoms with Crippen molar-refractivity contribution >= 4 is 11.9 Å². The minimum absolute atomic E-state index is 0.148. The predicted octanol–water partition coefficient (Wildman–Crippen LogP) is 1.64. The van der Waals surface area contributed by atoms with E-state index in [-0.39, 0.29) is 18.4 Å². The molecule has 5 nitrogen and oxygen atoms in total. The number of amides is 1. The molecule has 2 aliphatic rings. The third-order valence-electron chi connectivity index (χ3n) is 4.38. The van der Waals surface area contributed by atoms with E-state index in [0.717, 1.165) is 12.8 Å². The number of carbonyl (C=O) groups excluding carboxylic acids is 1. The van der Waals surface area contributed by atoms with Crippen LogP contribution in [0.2, 0.25) is 0 Å². The Bertz CT molecular complexity index is 421. The van der Waals surface area contributed by atoms with Crippen LogP contribution in [0.3, 0.4) is 0 Å². The topological polar surface area (TPSA) is 81.4 Å². The first kappa shape index (κ1) is 13.9. The number of nitrogens with zero attached hydrogens (tertiary/aromatic N) is 2. The van der Waals surface area contributed by atoms with Crippen LogP contribution in [0.1, 0.15) is 39.0 Å². The molecule has 0 aromatic heterocycles. The van der Waals surface area contributed by atoms with Crippen LogP contribution < -0.4 is 0 Å². The average molecular weight is 264 g/mol. The highest BCUT2D eigenvalue weighted by Gasteiger charge is 2.46. The van der Waals surface area contributed by atoms with E-state index in [1.165, 1.54) is 0 Å². The van der Waals surface area contributed by atoms with Crippen molar-refractivity contribution in [3.63, 3.8) is 0 Å². The van der Waals surface area contributed by atoms with Gasteiger partial charge in [0.05, 0.1) is 12.0 Å². The second kappa shape index (κ2) is 5.20. The highest BCUT2D eigenvalue weighted by atomic mass is 16.4. The van der Waals surface area contributed by atoms with Gasteiger partial charge in [0.25, 0.3) is 0 Å². The van der Waals surface area contributed by atoms with Gasteiger partial charge in [-0.25, -0.2) is 0 Å². The summed E-state index contributed by atoms with van der Waals surface area (Å²) in [6.07, 6.45) is 3.66. The second-order valence-corrected chi connectivity index (χ2v) is 5.99. The van der Waals surface area contributed by atoms with Gasteiger partial charge in [-0.2, -0.15) is 5.26 Å². The molecular weight excluding hydrogens is 244 g/mol. The Balaban J connectivity index is 2.14. The van der Waals surface area contributed by atoms with Crippen molar-refractivity contribution in [1.82, 2.24) is 4.90 Å². The molecule has 0 aromatic rings. The van der Waals surface area contributed by atoms with E-state index in [2.05, 4.69) is 6.07 Å². The number of hydrogen-bond acceptors (Lipinski definition) is 3. The summed E-state index contributed by atoms with van der Waals surface area (Å²) < 4.78 is 0. The molecule has 1 aliphatic carbocycles. The van der Waals surface area contributed by atoms with Crippen LogP contribution in [0.25, 0.3) is 0 Å². The number of rotatable bonds is 2. The summed E-state index contributed by atoms with van der Waals surface area (Å²) in [7, 11) is 0. The molecule has 1 saturated heterocycles. The highest BCUT2D eigenvalue weighted by Crippen LogP contribution is 2.40. The van der Waals surface area contributed by atoms with E-state index in [4.69, 9.17) is 5.11 Å². The summed E-state index contributed by atoms with van der Waals surface area (Å²) in [6, 6.07) is 2.19. The molecule has 1 heterocycles. The lowest BCUT2D eigenvalue weighted by Gasteiger charge is -2.38. The van der Waals surface area contributed by atoms with E-state index < -0.39 is 17.3 Å². The largest absolute Gasteiger partial charge is 0.481 e. The van der Waals surface area contributed by atoms with Crippen molar-refractivity contribution in [3.8, 4) is 6.07 Å². The summed E-state index contributed by atoms with van der Waals surface area (Å²) in [5.74, 6) is -1.31. The van der Waals surface area contributed by atoms with Gasteiger partial charge < -0.3 is 10.0 Å². The summed E-state index contributed by atoms with van der Waals surface area (Å²) >= 11 is 0. The van der Waals surface area contributed by atoms with E-state index in [1.54, 1.807) is 4.90 Å². The van der Waals surface area contributed by atoms with Gasteiger partial charge in [-0.15, -0.1) is 0 Å². The van der Waals surface area contributed by atoms with E-state index in [1.807, 2.05) is 6.92 Å². The number of piperidine rings is 1. The molecule has 5 heteroatoms. The summed E-state index contributed by atoms with van der Waals surface area (Å²) in [6.45, 7) is 2.79. The Labute approximate surface area is 113 Å². The Morgan fingerprint density at radius 3 is 2.47 bits per heavy atom. The number of carbonyl (C=O) groups is 2. The lowest BCUT2D eigenvalue weighted by Crippen LogP contribution is -2.50. The molecule has 1 N–H and O–H groups in total. The van der Waals surface area contributed by atoms with E-state index in [9.17, 15) is 14.9 Å². The van der Waals surface area contributed by atoms with Gasteiger partial charge in [0.2, 0.25) is 5.91 Å². The molecule has 1 amide bonds. The fourth-order valence-electron chi connectivity index (χ4n) is 3.35. The molecule has 0 aromatic carbocycles. The maximum Gasteiger partial charge on any atom is 0.308 e. The molecule has 1 saturated carbocycles. The Morgan fingerprint density at radius 2 is 1.95 bits per heavy atom. The first-order valence-electron chi connectivity index (χ1n) is 6.92. The third kappa shape index (κ3) is 2.58. The van der Waals surface area contributed by atoms with Gasteiger partial charge in [0.15, 0.2) is 0 Å². The highest BCUT2D eigenvalue weighted by molar-refractivity contribution is 5.86. The van der Waals surface area contributed by atoms with Crippen LogP contribution in [0.4, 0.5) is 0 Å². The minimum atomic E-state index is -0.889. The van der Waals surface area contributed by atoms with Gasteiger partial charge in [-0.1, -0.05) is 19.8 Å². The predicted molar refractivity (Wildman–Crippen MR) is 68.0 cm³/mol. The lowest BCUT2D eigenvalue weighted by molar-refractivity contribution is -0.149. The summed E-state index contributed by atoms with van der Waals surface area (Å²) in [5.41, 5.74) is -0.889. The number of nitriles is 1. The van der Waals surface area contributed by atoms with Crippen molar-refractivity contribution < 1.29 is 14.7 Å². The zero-order chi connectivity index (χ0) is 14.0. The quantitative estimate of drug-likeness (QED) is 0.822. The van der Waals surface area contributed by atoms with Gasteiger partial charge in [0, 0.05) is 13.1 Å². The standard InChI is InChI=1S/C14H20N2O3/c1-10-6-11(12(17)18)8-16(7-10)13(19)14(9-15)4-2-3-5-14/h10-11H,2-8H2,1H3,(H,17,18). The number of carboxylic acids is 1. The zero-order valence-corrected chi connectivity index (χ0v) is 11.3. The van der Waals surface area contributed by atoms with E-state index in [0.29, 0.717) is 25.8 Å². The smallest absolute Gasteiger partial charge is 0.308 e. The Kier molecular flexibility index (Phi) is 3.79. The fourth-order valence-corrected chi connectivity index (χ4v) is 3.35. The van der Waals surface area contributed by atoms with Crippen LogP contribution in [-0.2, 0) is 9.59 Å². The zero-order valence-electron chi connectivity index (χ0n) is 11.3. The monoisotopic (exact) mass is 264 g/mol. The van der Waals surface area contributed by atoms with Crippen molar-refractivity contribution in [2.45, 2.75) is 39.0 Å². The van der Waals surface area contributed by atoms with Gasteiger partial charge in [0.1, 0.15) is 5.41 Å². The van der Waals surface area contributed by atoms with E-state index >= 15 is 0 Å². The first-order chi connectivity index (χ1) is 8.98. The number of carboxylic acid groups (broad SMARTS) is 1. The van der Waals surface area contributed by atoms with Crippen LogP contribution in [0.5, 0.6) is 0 Å². The summed E-state index contributed by atoms with van der Waals surface area (Å²) in [5, 5.41) is 18.5. The van der Waals surface area contributed by atoms with Gasteiger partial charge in [-0.3, -0.25) is 9.59 Å². The van der Waals surface area contributed by atoms with Crippen LogP contribution in [0.15, 0.2) is 0 Å². The third-order valence-corrected chi connectivity index (χ3v) is 4.38. The molecule has 1 aliphatic heterocycles. The molecule has 19 heavy (non-hydrogen) atoms. The van der Waals surface area contributed by atoms with Crippen LogP contribution in [-0.4, -0.2) is 35.0 Å². The van der Waals surface area contributed by atoms with Gasteiger partial charge >= 0.3 is 5.97 Å². The molecule has 2 fully saturated rings. The molecule has 0 radical (unpaired) electrons. The normalized spacial score (nSPS) is 29.8. The Morgan fingerprint density at radius 1 is 1.32 bits per heavy atom. The number of aliphatic carboxylic acids is 1. The first-order valence-corrected chi connectivity index (χ1v) is 6.92. The lowest BCUT2D eigenvalue weighted by atomic mass is 9.83. The number of hydrogen-bond donors (Lipinski definition) is 1. The second-order valence-electron chi connectivity index (χ2n) is 5.99. The maximum absolute atomic E-state index is 12.6. The minimum Gasteiger partial charge on any atom is -0.481 e. The van der Waals surface area contributed by atoms with Crippen molar-refractivity contribution in [2.24, 2.45) is 17.3 Å². The molecule has 0 spiro atoms. The molecule has 2 unspecified atom stereocenters. The summed E-state index contributed by atoms with van der Waals surface area (Å²) in [4.78, 5) is 25.3. The maximum atomic E-state index is 12.6. The van der Waals surface area contributed by atoms with Crippen LogP contribution in [0, 0.1) is 28.6 Å². The SMILES string of the molecule is CC1CC(C(=O)O)CN(C(=O)C2(C#N)CCCC2)C1. The molecule has 0 bridgehead atoms. The Hall–Kier alpha value is -1.57. The van der Waals surface area contributed by atoms with Crippen molar-refractivity contribution in [2.75, 3.05) is 13.1 Å². The number of likely N-dealkylation sites (tertiary alicyclic amines) is 1. The van der Waals surface area contributed by atoms with Gasteiger partial charge in [-0.05, 0) is 25.2 Å². The molecule has 2 atom stereocenters. The van der Waals surface area contributed by atoms with Crippen molar-refractivity contribution in [1.29, 1.82) is 5.26 Å². The molecule has 104 valence electrons. The van der Waals surface area contributed by atoms with Crippen LogP contribution >= 0.6 is 0 Å². The fraction of sp³-hybridized carbons (Fsp3) is 0.786. The van der Waals surface area contributed by atoms with Crippen molar-refractivity contribution in [3.05, 3.63) is 0 Å². The molecular formula is C14H20N2O3. The average Bonchev–Trinajstić information content (AvgIpc) is 2.87.